The van der Waals surface area contributed by atoms with Gasteiger partial charge in [-0.25, -0.2) is 0 Å². The van der Waals surface area contributed by atoms with Gasteiger partial charge in [0.1, 0.15) is 4.90 Å². The Bertz CT molecular complexity index is 628. The standard InChI is InChI=1S/C10H10N4O3S/c11-8-2-4-9(5-3-8)18(16,17)14(15)10-12-6-1-7-13-10/h1-7,14H,11H2. The maximum atomic E-state index is 12.0. The maximum Gasteiger partial charge on any atom is 0.343 e. The smallest absolute Gasteiger partial charge is 0.343 e. The molecule has 0 aliphatic heterocycles. The number of hydrogen-bond donors (Lipinski definition) is 2. The number of rotatable bonds is 3. The molecule has 7 nitrogen and oxygen atoms in total. The zero-order valence-electron chi connectivity index (χ0n) is 9.15. The second-order valence-electron chi connectivity index (χ2n) is 3.43. The van der Waals surface area contributed by atoms with Crippen LogP contribution in [0.5, 0.6) is 0 Å². The summed E-state index contributed by atoms with van der Waals surface area (Å²) in [7, 11) is -4.13. The number of nitrogens with zero attached hydrogens (tertiary/aromatic N) is 2. The number of aromatic nitrogens is 2. The molecule has 0 bridgehead atoms. The number of benzene rings is 1. The number of anilines is 1. The highest BCUT2D eigenvalue weighted by atomic mass is 32.2. The first-order valence-electron chi connectivity index (χ1n) is 4.94. The molecule has 0 aliphatic carbocycles. The Hall–Kier alpha value is -2.03. The van der Waals surface area contributed by atoms with E-state index in [1.165, 1.54) is 42.7 Å². The zero-order chi connectivity index (χ0) is 13.2. The monoisotopic (exact) mass is 266 g/mol. The van der Waals surface area contributed by atoms with Gasteiger partial charge in [-0.3, -0.25) is 0 Å². The molecule has 0 radical (unpaired) electrons. The van der Waals surface area contributed by atoms with Gasteiger partial charge < -0.3 is 10.9 Å². The highest BCUT2D eigenvalue weighted by Crippen LogP contribution is 2.10. The summed E-state index contributed by atoms with van der Waals surface area (Å²) in [4.78, 5) is 7.12. The third-order valence-corrected chi connectivity index (χ3v) is 3.75. The summed E-state index contributed by atoms with van der Waals surface area (Å²) in [6, 6.07) is 6.85. The van der Waals surface area contributed by atoms with Crippen molar-refractivity contribution in [2.24, 2.45) is 0 Å². The first-order valence-corrected chi connectivity index (χ1v) is 6.42. The number of nitrogen functional groups attached to an aromatic ring is 1. The van der Waals surface area contributed by atoms with Gasteiger partial charge in [0.15, 0.2) is 0 Å². The fourth-order valence-corrected chi connectivity index (χ4v) is 2.33. The number of hydrogen-bond acceptors (Lipinski definition) is 6. The highest BCUT2D eigenvalue weighted by Gasteiger charge is 2.25. The minimum atomic E-state index is -4.13. The normalized spacial score (nSPS) is 13.2. The van der Waals surface area contributed by atoms with E-state index in [9.17, 15) is 13.6 Å². The van der Waals surface area contributed by atoms with E-state index in [-0.39, 0.29) is 10.8 Å². The van der Waals surface area contributed by atoms with Crippen LogP contribution in [0.3, 0.4) is 0 Å². The van der Waals surface area contributed by atoms with Crippen molar-refractivity contribution in [2.45, 2.75) is 4.90 Å². The van der Waals surface area contributed by atoms with Crippen LogP contribution in [-0.4, -0.2) is 18.4 Å². The second kappa shape index (κ2) is 4.69. The van der Waals surface area contributed by atoms with Crippen LogP contribution in [0.4, 0.5) is 11.6 Å². The quantitative estimate of drug-likeness (QED) is 0.570. The highest BCUT2D eigenvalue weighted by molar-refractivity contribution is 7.85. The lowest BCUT2D eigenvalue weighted by Gasteiger charge is -2.18. The van der Waals surface area contributed by atoms with E-state index >= 15 is 0 Å². The van der Waals surface area contributed by atoms with Crippen LogP contribution in [0, 0.1) is 5.21 Å². The summed E-state index contributed by atoms with van der Waals surface area (Å²) in [5, 5.41) is 11.8. The molecule has 1 aromatic carbocycles. The first kappa shape index (κ1) is 12.4. The molecule has 3 N–H and O–H groups in total. The molecule has 2 rings (SSSR count). The number of nitrogens with one attached hydrogen (secondary N) is 1. The minimum absolute atomic E-state index is 0.130. The lowest BCUT2D eigenvalue weighted by atomic mass is 10.3. The summed E-state index contributed by atoms with van der Waals surface area (Å²) < 4.78 is 22.8. The predicted octanol–water partition coefficient (Wildman–Crippen LogP) is -0.538. The predicted molar refractivity (Wildman–Crippen MR) is 64.1 cm³/mol. The van der Waals surface area contributed by atoms with Crippen molar-refractivity contribution in [3.63, 3.8) is 0 Å². The van der Waals surface area contributed by atoms with E-state index in [0.29, 0.717) is 5.69 Å². The van der Waals surface area contributed by atoms with Gasteiger partial charge in [-0.15, -0.1) is 0 Å². The molecule has 0 saturated heterocycles. The van der Waals surface area contributed by atoms with E-state index in [0.717, 1.165) is 0 Å². The van der Waals surface area contributed by atoms with Crippen molar-refractivity contribution >= 4 is 21.7 Å². The van der Waals surface area contributed by atoms with Crippen LogP contribution < -0.4 is 10.2 Å². The van der Waals surface area contributed by atoms with Crippen molar-refractivity contribution in [3.8, 4) is 0 Å². The Morgan fingerprint density at radius 3 is 2.22 bits per heavy atom. The van der Waals surface area contributed by atoms with Crippen LogP contribution in [-0.2, 0) is 10.0 Å². The molecule has 1 unspecified atom stereocenters. The van der Waals surface area contributed by atoms with Crippen molar-refractivity contribution in [2.75, 3.05) is 5.73 Å². The van der Waals surface area contributed by atoms with Gasteiger partial charge in [0, 0.05) is 18.1 Å². The average molecular weight is 266 g/mol. The molecule has 0 saturated carbocycles. The summed E-state index contributed by atoms with van der Waals surface area (Å²) in [6.07, 6.45) is 2.61. The van der Waals surface area contributed by atoms with Crippen molar-refractivity contribution in [1.29, 1.82) is 0 Å². The third-order valence-electron chi connectivity index (χ3n) is 2.18. The molecule has 0 spiro atoms. The van der Waals surface area contributed by atoms with Crippen molar-refractivity contribution < 1.29 is 12.9 Å². The van der Waals surface area contributed by atoms with Crippen LogP contribution in [0.2, 0.25) is 0 Å². The van der Waals surface area contributed by atoms with Crippen LogP contribution in [0.1, 0.15) is 0 Å². The number of sulfonamides is 1. The van der Waals surface area contributed by atoms with Gasteiger partial charge in [-0.2, -0.15) is 22.9 Å². The zero-order valence-corrected chi connectivity index (χ0v) is 9.96. The van der Waals surface area contributed by atoms with Crippen molar-refractivity contribution in [3.05, 3.63) is 47.9 Å². The van der Waals surface area contributed by atoms with E-state index in [1.54, 1.807) is 0 Å². The number of quaternary nitrogens is 1. The Morgan fingerprint density at radius 1 is 1.11 bits per heavy atom. The Kier molecular flexibility index (Phi) is 3.24. The van der Waals surface area contributed by atoms with Gasteiger partial charge in [0.2, 0.25) is 0 Å². The van der Waals surface area contributed by atoms with Gasteiger partial charge in [-0.1, -0.05) is 0 Å². The Morgan fingerprint density at radius 2 is 1.67 bits per heavy atom. The first-order chi connectivity index (χ1) is 8.51. The molecule has 94 valence electrons. The van der Waals surface area contributed by atoms with E-state index in [4.69, 9.17) is 5.73 Å². The second-order valence-corrected chi connectivity index (χ2v) is 5.28. The van der Waals surface area contributed by atoms with Crippen LogP contribution in [0.15, 0.2) is 47.6 Å². The number of nitrogens with two attached hydrogens (primary N) is 1. The molecular formula is C10H10N4O3S. The van der Waals surface area contributed by atoms with Crippen LogP contribution >= 0.6 is 0 Å². The molecule has 1 atom stereocenters. The van der Waals surface area contributed by atoms with E-state index < -0.39 is 14.5 Å². The molecule has 1 aromatic heterocycles. The Labute approximate surface area is 104 Å². The lowest BCUT2D eigenvalue weighted by molar-refractivity contribution is -0.632. The van der Waals surface area contributed by atoms with Crippen LogP contribution in [0.25, 0.3) is 0 Å². The SMILES string of the molecule is Nc1ccc(S(=O)(=O)[NH+]([O-])c2ncccn2)cc1. The third kappa shape index (κ3) is 2.30. The summed E-state index contributed by atoms with van der Waals surface area (Å²) >= 11 is 0. The average Bonchev–Trinajstić information content (AvgIpc) is 2.39. The summed E-state index contributed by atoms with van der Waals surface area (Å²) in [5.74, 6) is -0.352. The van der Waals surface area contributed by atoms with E-state index in [1.807, 2.05) is 0 Å². The summed E-state index contributed by atoms with van der Waals surface area (Å²) in [5.41, 5.74) is 5.87. The molecule has 1 heterocycles. The largest absolute Gasteiger partial charge is 0.610 e. The van der Waals surface area contributed by atoms with Gasteiger partial charge >= 0.3 is 16.0 Å². The molecule has 0 aliphatic rings. The van der Waals surface area contributed by atoms with Crippen molar-refractivity contribution in [1.82, 2.24) is 9.97 Å². The molecule has 0 fully saturated rings. The maximum absolute atomic E-state index is 12.0. The molecular weight excluding hydrogens is 256 g/mol. The fourth-order valence-electron chi connectivity index (χ4n) is 1.28. The molecule has 18 heavy (non-hydrogen) atoms. The molecule has 0 amide bonds. The molecule has 8 heteroatoms. The fraction of sp³-hybridized carbons (Fsp3) is 0. The molecule has 2 aromatic rings. The van der Waals surface area contributed by atoms with Gasteiger partial charge in [-0.05, 0) is 30.3 Å². The Balaban J connectivity index is 2.40. The topological polar surface area (TPSA) is 113 Å². The van der Waals surface area contributed by atoms with E-state index in [2.05, 4.69) is 9.97 Å². The van der Waals surface area contributed by atoms with Gasteiger partial charge in [0.25, 0.3) is 0 Å². The lowest BCUT2D eigenvalue weighted by Crippen LogP contribution is -3.04. The minimum Gasteiger partial charge on any atom is -0.610 e. The van der Waals surface area contributed by atoms with Gasteiger partial charge in [0.05, 0.1) is 0 Å². The summed E-state index contributed by atoms with van der Waals surface area (Å²) in [6.45, 7) is 0.